The van der Waals surface area contributed by atoms with Gasteiger partial charge in [0.05, 0.1) is 23.4 Å². The summed E-state index contributed by atoms with van der Waals surface area (Å²) in [5, 5.41) is 0. The highest BCUT2D eigenvalue weighted by Crippen LogP contribution is 2.32. The van der Waals surface area contributed by atoms with E-state index in [-0.39, 0.29) is 17.7 Å². The van der Waals surface area contributed by atoms with Crippen LogP contribution in [0.2, 0.25) is 0 Å². The van der Waals surface area contributed by atoms with Gasteiger partial charge in [-0.25, -0.2) is 9.37 Å². The Hall–Kier alpha value is -0.720. The van der Waals surface area contributed by atoms with Crippen molar-refractivity contribution in [2.45, 2.75) is 12.5 Å². The van der Waals surface area contributed by atoms with Crippen molar-refractivity contribution in [1.29, 1.82) is 0 Å². The molecule has 1 aliphatic heterocycles. The monoisotopic (exact) mass is 317 g/mol. The highest BCUT2D eigenvalue weighted by atomic mass is 79.9. The summed E-state index contributed by atoms with van der Waals surface area (Å²) >= 11 is 4.75. The fourth-order valence-electron chi connectivity index (χ4n) is 1.78. The van der Waals surface area contributed by atoms with E-state index in [2.05, 4.69) is 20.9 Å². The molecular formula is C11H9BrFNO2S. The van der Waals surface area contributed by atoms with Crippen LogP contribution in [0.25, 0.3) is 10.2 Å². The first-order valence-electron chi connectivity index (χ1n) is 5.22. The third-order valence-corrected chi connectivity index (χ3v) is 4.07. The molecule has 1 fully saturated rings. The lowest BCUT2D eigenvalue weighted by Gasteiger charge is -2.12. The van der Waals surface area contributed by atoms with Gasteiger partial charge in [-0.15, -0.1) is 11.3 Å². The second-order valence-corrected chi connectivity index (χ2v) is 6.13. The molecule has 3 rings (SSSR count). The summed E-state index contributed by atoms with van der Waals surface area (Å²) in [5.74, 6) is -0.0913. The number of nitrogens with zero attached hydrogens (tertiary/aromatic N) is 1. The van der Waals surface area contributed by atoms with Crippen LogP contribution >= 0.6 is 27.3 Å². The Labute approximate surface area is 110 Å². The van der Waals surface area contributed by atoms with Crippen LogP contribution in [0.15, 0.2) is 16.0 Å². The largest absolute Gasteiger partial charge is 0.485 e. The van der Waals surface area contributed by atoms with Crippen molar-refractivity contribution in [3.05, 3.63) is 21.9 Å². The van der Waals surface area contributed by atoms with Crippen LogP contribution < -0.4 is 4.74 Å². The number of halogens is 2. The number of ether oxygens (including phenoxy) is 2. The van der Waals surface area contributed by atoms with Crippen molar-refractivity contribution < 1.29 is 13.9 Å². The van der Waals surface area contributed by atoms with E-state index < -0.39 is 0 Å². The highest BCUT2D eigenvalue weighted by molar-refractivity contribution is 9.11. The molecule has 0 N–H and O–H groups in total. The lowest BCUT2D eigenvalue weighted by Crippen LogP contribution is -2.16. The van der Waals surface area contributed by atoms with Crippen LogP contribution in [0.4, 0.5) is 4.39 Å². The molecule has 0 saturated carbocycles. The third kappa shape index (κ3) is 2.29. The molecule has 0 bridgehead atoms. The lowest BCUT2D eigenvalue weighted by molar-refractivity contribution is 0.138. The van der Waals surface area contributed by atoms with Gasteiger partial charge in [0.2, 0.25) is 0 Å². The molecule has 2 heterocycles. The first kappa shape index (κ1) is 11.4. The number of benzene rings is 1. The molecule has 0 spiro atoms. The predicted molar refractivity (Wildman–Crippen MR) is 67.1 cm³/mol. The minimum absolute atomic E-state index is 0.0432. The van der Waals surface area contributed by atoms with Crippen molar-refractivity contribution in [2.24, 2.45) is 0 Å². The van der Waals surface area contributed by atoms with Gasteiger partial charge in [0, 0.05) is 18.6 Å². The fourth-order valence-corrected chi connectivity index (χ4v) is 3.19. The van der Waals surface area contributed by atoms with Crippen molar-refractivity contribution in [3.63, 3.8) is 0 Å². The van der Waals surface area contributed by atoms with Gasteiger partial charge in [0.25, 0.3) is 0 Å². The van der Waals surface area contributed by atoms with Crippen molar-refractivity contribution in [3.8, 4) is 5.75 Å². The van der Waals surface area contributed by atoms with E-state index in [1.807, 2.05) is 0 Å². The Kier molecular flexibility index (Phi) is 3.02. The Bertz CT molecular complexity index is 554. The van der Waals surface area contributed by atoms with Gasteiger partial charge in [-0.05, 0) is 15.9 Å². The van der Waals surface area contributed by atoms with Crippen molar-refractivity contribution >= 4 is 37.5 Å². The molecule has 6 heteroatoms. The minimum atomic E-state index is -0.373. The van der Waals surface area contributed by atoms with Crippen LogP contribution in [0.3, 0.4) is 0 Å². The summed E-state index contributed by atoms with van der Waals surface area (Å²) < 4.78 is 26.2. The maximum absolute atomic E-state index is 13.8. The van der Waals surface area contributed by atoms with Gasteiger partial charge in [0.15, 0.2) is 15.5 Å². The molecule has 1 aliphatic rings. The topological polar surface area (TPSA) is 31.4 Å². The van der Waals surface area contributed by atoms with E-state index in [4.69, 9.17) is 9.47 Å². The van der Waals surface area contributed by atoms with Gasteiger partial charge in [-0.3, -0.25) is 0 Å². The summed E-state index contributed by atoms with van der Waals surface area (Å²) in [5.41, 5.74) is 0.648. The van der Waals surface area contributed by atoms with Gasteiger partial charge in [-0.1, -0.05) is 0 Å². The molecule has 17 heavy (non-hydrogen) atoms. The summed E-state index contributed by atoms with van der Waals surface area (Å²) in [6, 6.07) is 3.10. The van der Waals surface area contributed by atoms with E-state index >= 15 is 0 Å². The SMILES string of the molecule is Fc1cc2nc(Br)sc2cc1OC1CCOC1. The molecular weight excluding hydrogens is 309 g/mol. The average molecular weight is 318 g/mol. The number of hydrogen-bond acceptors (Lipinski definition) is 4. The zero-order valence-electron chi connectivity index (χ0n) is 8.78. The molecule has 3 nitrogen and oxygen atoms in total. The number of aromatic nitrogens is 1. The van der Waals surface area contributed by atoms with Gasteiger partial charge < -0.3 is 9.47 Å². The van der Waals surface area contributed by atoms with Crippen LogP contribution in [-0.2, 0) is 4.74 Å². The minimum Gasteiger partial charge on any atom is -0.485 e. The van der Waals surface area contributed by atoms with E-state index in [1.54, 1.807) is 6.07 Å². The standard InChI is InChI=1S/C11H9BrFNO2S/c12-11-14-8-3-7(13)9(4-10(8)17-11)16-6-1-2-15-5-6/h3-4,6H,1-2,5H2. The van der Waals surface area contributed by atoms with E-state index in [1.165, 1.54) is 17.4 Å². The molecule has 0 amide bonds. The molecule has 90 valence electrons. The average Bonchev–Trinajstić information content (AvgIpc) is 2.87. The zero-order chi connectivity index (χ0) is 11.8. The first-order valence-corrected chi connectivity index (χ1v) is 6.83. The van der Waals surface area contributed by atoms with Crippen LogP contribution in [-0.4, -0.2) is 24.3 Å². The van der Waals surface area contributed by atoms with Gasteiger partial charge in [0.1, 0.15) is 6.10 Å². The van der Waals surface area contributed by atoms with Crippen LogP contribution in [0.5, 0.6) is 5.75 Å². The zero-order valence-corrected chi connectivity index (χ0v) is 11.2. The van der Waals surface area contributed by atoms with E-state index in [0.29, 0.717) is 18.7 Å². The van der Waals surface area contributed by atoms with Crippen molar-refractivity contribution in [1.82, 2.24) is 4.98 Å². The Morgan fingerprint density at radius 1 is 1.53 bits per heavy atom. The van der Waals surface area contributed by atoms with Gasteiger partial charge >= 0.3 is 0 Å². The maximum atomic E-state index is 13.8. The quantitative estimate of drug-likeness (QED) is 0.851. The fraction of sp³-hybridized carbons (Fsp3) is 0.364. The van der Waals surface area contributed by atoms with Crippen LogP contribution in [0.1, 0.15) is 6.42 Å². The van der Waals surface area contributed by atoms with Gasteiger partial charge in [-0.2, -0.15) is 0 Å². The molecule has 1 atom stereocenters. The van der Waals surface area contributed by atoms with E-state index in [0.717, 1.165) is 15.0 Å². The molecule has 2 aromatic rings. The summed E-state index contributed by atoms with van der Waals surface area (Å²) in [6.07, 6.45) is 0.766. The molecule has 0 aliphatic carbocycles. The highest BCUT2D eigenvalue weighted by Gasteiger charge is 2.19. The maximum Gasteiger partial charge on any atom is 0.167 e. The summed E-state index contributed by atoms with van der Waals surface area (Å²) in [7, 11) is 0. The van der Waals surface area contributed by atoms with Crippen LogP contribution in [0, 0.1) is 5.82 Å². The third-order valence-electron chi connectivity index (χ3n) is 2.60. The summed E-state index contributed by atoms with van der Waals surface area (Å²) in [6.45, 7) is 1.21. The Morgan fingerprint density at radius 2 is 2.41 bits per heavy atom. The molecule has 1 aromatic heterocycles. The number of fused-ring (bicyclic) bond motifs is 1. The second kappa shape index (κ2) is 4.51. The predicted octanol–water partition coefficient (Wildman–Crippen LogP) is 3.37. The first-order chi connectivity index (χ1) is 8.22. The number of rotatable bonds is 2. The van der Waals surface area contributed by atoms with E-state index in [9.17, 15) is 4.39 Å². The number of hydrogen-bond donors (Lipinski definition) is 0. The second-order valence-electron chi connectivity index (χ2n) is 3.82. The normalized spacial score (nSPS) is 20.0. The molecule has 0 radical (unpaired) electrons. The Morgan fingerprint density at radius 3 is 3.18 bits per heavy atom. The Balaban J connectivity index is 1.94. The number of thiazole rings is 1. The lowest BCUT2D eigenvalue weighted by atomic mass is 10.3. The van der Waals surface area contributed by atoms with Crippen molar-refractivity contribution in [2.75, 3.05) is 13.2 Å². The molecule has 1 saturated heterocycles. The molecule has 1 aromatic carbocycles. The molecule has 1 unspecified atom stereocenters. The smallest absolute Gasteiger partial charge is 0.167 e. The summed E-state index contributed by atoms with van der Waals surface area (Å²) in [4.78, 5) is 4.16.